The first-order valence-corrected chi connectivity index (χ1v) is 5.50. The molecule has 0 bridgehead atoms. The lowest BCUT2D eigenvalue weighted by Crippen LogP contribution is -2.25. The van der Waals surface area contributed by atoms with Gasteiger partial charge in [0.15, 0.2) is 6.61 Å². The van der Waals surface area contributed by atoms with Crippen LogP contribution in [0.25, 0.3) is 0 Å². The fourth-order valence-corrected chi connectivity index (χ4v) is 2.11. The van der Waals surface area contributed by atoms with E-state index in [1.54, 1.807) is 13.1 Å². The molecular formula is C10H11BrClNO2. The number of rotatable bonds is 3. The predicted molar refractivity (Wildman–Crippen MR) is 63.5 cm³/mol. The third-order valence-electron chi connectivity index (χ3n) is 1.82. The monoisotopic (exact) mass is 291 g/mol. The Bertz CT molecular complexity index is 359. The molecule has 0 unspecified atom stereocenters. The summed E-state index contributed by atoms with van der Waals surface area (Å²) in [6, 6.07) is 3.61. The van der Waals surface area contributed by atoms with Crippen molar-refractivity contribution in [3.63, 3.8) is 0 Å². The minimum absolute atomic E-state index is 0.0291. The van der Waals surface area contributed by atoms with Crippen LogP contribution in [0.5, 0.6) is 5.75 Å². The maximum Gasteiger partial charge on any atom is 0.257 e. The molecule has 0 radical (unpaired) electrons. The van der Waals surface area contributed by atoms with Gasteiger partial charge in [0, 0.05) is 11.5 Å². The molecule has 82 valence electrons. The second-order valence-electron chi connectivity index (χ2n) is 3.00. The van der Waals surface area contributed by atoms with Crippen molar-refractivity contribution in [1.82, 2.24) is 5.32 Å². The van der Waals surface area contributed by atoms with Crippen LogP contribution in [0.1, 0.15) is 5.56 Å². The Kier molecular flexibility index (Phi) is 4.42. The number of aryl methyl sites for hydroxylation is 1. The van der Waals surface area contributed by atoms with E-state index in [1.165, 1.54) is 0 Å². The quantitative estimate of drug-likeness (QED) is 0.930. The average molecular weight is 293 g/mol. The summed E-state index contributed by atoms with van der Waals surface area (Å²) in [4.78, 5) is 11.0. The zero-order valence-electron chi connectivity index (χ0n) is 8.43. The van der Waals surface area contributed by atoms with Gasteiger partial charge in [0.2, 0.25) is 0 Å². The number of likely N-dealkylation sites (N-methyl/N-ethyl adjacent to an activating group) is 1. The molecule has 1 aromatic carbocycles. The first kappa shape index (κ1) is 12.3. The lowest BCUT2D eigenvalue weighted by molar-refractivity contribution is -0.122. The minimum Gasteiger partial charge on any atom is -0.482 e. The highest BCUT2D eigenvalue weighted by Gasteiger charge is 2.08. The number of carbonyl (C=O) groups excluding carboxylic acids is 1. The first-order valence-electron chi connectivity index (χ1n) is 4.33. The van der Waals surface area contributed by atoms with Gasteiger partial charge in [-0.2, -0.15) is 0 Å². The van der Waals surface area contributed by atoms with Gasteiger partial charge in [0.1, 0.15) is 5.75 Å². The number of carbonyl (C=O) groups is 1. The molecule has 3 nitrogen and oxygen atoms in total. The van der Waals surface area contributed by atoms with Gasteiger partial charge in [-0.05, 0) is 24.6 Å². The predicted octanol–water partition coefficient (Wildman–Crippen LogP) is 2.54. The summed E-state index contributed by atoms with van der Waals surface area (Å²) in [5.41, 5.74) is 0.887. The van der Waals surface area contributed by atoms with E-state index in [-0.39, 0.29) is 12.5 Å². The van der Waals surface area contributed by atoms with Crippen LogP contribution in [0.3, 0.4) is 0 Å². The fraction of sp³-hybridized carbons (Fsp3) is 0.300. The average Bonchev–Trinajstić information content (AvgIpc) is 2.15. The number of ether oxygens (including phenoxy) is 1. The second kappa shape index (κ2) is 5.37. The maximum absolute atomic E-state index is 11.0. The molecule has 0 heterocycles. The van der Waals surface area contributed by atoms with Gasteiger partial charge in [-0.25, -0.2) is 0 Å². The molecule has 15 heavy (non-hydrogen) atoms. The number of nitrogens with one attached hydrogen (secondary N) is 1. The van der Waals surface area contributed by atoms with Crippen molar-refractivity contribution in [2.24, 2.45) is 0 Å². The van der Waals surface area contributed by atoms with Crippen molar-refractivity contribution >= 4 is 33.4 Å². The van der Waals surface area contributed by atoms with E-state index >= 15 is 0 Å². The van der Waals surface area contributed by atoms with Crippen molar-refractivity contribution in [3.05, 3.63) is 27.2 Å². The molecule has 0 aliphatic heterocycles. The largest absolute Gasteiger partial charge is 0.482 e. The van der Waals surface area contributed by atoms with Gasteiger partial charge in [-0.15, -0.1) is 0 Å². The van der Waals surface area contributed by atoms with Crippen LogP contribution in [-0.4, -0.2) is 19.6 Å². The van der Waals surface area contributed by atoms with Crippen LogP contribution >= 0.6 is 27.5 Å². The molecule has 0 saturated heterocycles. The zero-order valence-corrected chi connectivity index (χ0v) is 10.8. The molecule has 1 rings (SSSR count). The Morgan fingerprint density at radius 3 is 2.80 bits per heavy atom. The number of hydrogen-bond donors (Lipinski definition) is 1. The van der Waals surface area contributed by atoms with Gasteiger partial charge in [-0.3, -0.25) is 4.79 Å². The third-order valence-corrected chi connectivity index (χ3v) is 2.56. The fourth-order valence-electron chi connectivity index (χ4n) is 1.08. The number of halogens is 2. The summed E-state index contributed by atoms with van der Waals surface area (Å²) >= 11 is 9.30. The highest BCUT2D eigenvalue weighted by molar-refractivity contribution is 9.10. The van der Waals surface area contributed by atoms with Gasteiger partial charge in [-0.1, -0.05) is 27.5 Å². The van der Waals surface area contributed by atoms with Crippen molar-refractivity contribution in [2.45, 2.75) is 6.92 Å². The molecule has 5 heteroatoms. The van der Waals surface area contributed by atoms with Crippen LogP contribution in [0.15, 0.2) is 16.6 Å². The third kappa shape index (κ3) is 3.39. The Labute approximate surface area is 102 Å². The lowest BCUT2D eigenvalue weighted by Gasteiger charge is -2.10. The molecule has 0 aromatic heterocycles. The number of hydrogen-bond acceptors (Lipinski definition) is 2. The summed E-state index contributed by atoms with van der Waals surface area (Å²) in [5, 5.41) is 2.96. The number of amides is 1. The van der Waals surface area contributed by atoms with E-state index in [1.807, 2.05) is 13.0 Å². The van der Waals surface area contributed by atoms with Crippen molar-refractivity contribution in [3.8, 4) is 5.75 Å². The Hall–Kier alpha value is -0.740. The van der Waals surface area contributed by atoms with Crippen LogP contribution in [-0.2, 0) is 4.79 Å². The van der Waals surface area contributed by atoms with Crippen LogP contribution in [0.2, 0.25) is 5.02 Å². The maximum atomic E-state index is 11.0. The molecule has 0 atom stereocenters. The summed E-state index contributed by atoms with van der Waals surface area (Å²) in [5.74, 6) is 0.358. The van der Waals surface area contributed by atoms with E-state index in [9.17, 15) is 4.79 Å². The Balaban J connectivity index is 2.81. The van der Waals surface area contributed by atoms with Crippen LogP contribution in [0, 0.1) is 6.92 Å². The molecule has 0 aliphatic rings. The minimum atomic E-state index is -0.187. The summed E-state index contributed by atoms with van der Waals surface area (Å²) in [6.45, 7) is 1.84. The molecule has 1 N–H and O–H groups in total. The van der Waals surface area contributed by atoms with Gasteiger partial charge < -0.3 is 10.1 Å². The molecule has 1 aromatic rings. The lowest BCUT2D eigenvalue weighted by atomic mass is 10.2. The molecular weight excluding hydrogens is 281 g/mol. The highest BCUT2D eigenvalue weighted by atomic mass is 79.9. The Morgan fingerprint density at radius 2 is 2.27 bits per heavy atom. The molecule has 0 spiro atoms. The Morgan fingerprint density at radius 1 is 1.60 bits per heavy atom. The van der Waals surface area contributed by atoms with Gasteiger partial charge in [0.05, 0.1) is 5.02 Å². The van der Waals surface area contributed by atoms with Gasteiger partial charge in [0.25, 0.3) is 5.91 Å². The second-order valence-corrected chi connectivity index (χ2v) is 4.32. The van der Waals surface area contributed by atoms with Crippen LogP contribution in [0.4, 0.5) is 0 Å². The summed E-state index contributed by atoms with van der Waals surface area (Å²) in [7, 11) is 1.56. The topological polar surface area (TPSA) is 38.3 Å². The SMILES string of the molecule is CNC(=O)COc1c(C)cc(Br)cc1Cl. The smallest absolute Gasteiger partial charge is 0.257 e. The van der Waals surface area contributed by atoms with E-state index < -0.39 is 0 Å². The van der Waals surface area contributed by atoms with E-state index in [2.05, 4.69) is 21.2 Å². The number of benzene rings is 1. The standard InChI is InChI=1S/C10H11BrClNO2/c1-6-3-7(11)4-8(12)10(6)15-5-9(14)13-2/h3-4H,5H2,1-2H3,(H,13,14). The highest BCUT2D eigenvalue weighted by Crippen LogP contribution is 2.31. The first-order chi connectivity index (χ1) is 7.04. The molecule has 0 saturated carbocycles. The van der Waals surface area contributed by atoms with E-state index in [0.29, 0.717) is 10.8 Å². The molecule has 0 fully saturated rings. The normalized spacial score (nSPS) is 9.87. The van der Waals surface area contributed by atoms with E-state index in [0.717, 1.165) is 10.0 Å². The van der Waals surface area contributed by atoms with E-state index in [4.69, 9.17) is 16.3 Å². The van der Waals surface area contributed by atoms with Crippen molar-refractivity contribution in [2.75, 3.05) is 13.7 Å². The molecule has 0 aliphatic carbocycles. The molecule has 1 amide bonds. The summed E-state index contributed by atoms with van der Waals surface area (Å²) in [6.07, 6.45) is 0. The van der Waals surface area contributed by atoms with Crippen molar-refractivity contribution in [1.29, 1.82) is 0 Å². The zero-order chi connectivity index (χ0) is 11.4. The van der Waals surface area contributed by atoms with Crippen molar-refractivity contribution < 1.29 is 9.53 Å². The van der Waals surface area contributed by atoms with Gasteiger partial charge >= 0.3 is 0 Å². The summed E-state index contributed by atoms with van der Waals surface area (Å²) < 4.78 is 6.20. The van der Waals surface area contributed by atoms with Crippen LogP contribution < -0.4 is 10.1 Å².